The van der Waals surface area contributed by atoms with Gasteiger partial charge in [0.2, 0.25) is 11.8 Å². The predicted molar refractivity (Wildman–Crippen MR) is 92.0 cm³/mol. The number of esters is 1. The van der Waals surface area contributed by atoms with Gasteiger partial charge in [-0.05, 0) is 25.1 Å². The highest BCUT2D eigenvalue weighted by Gasteiger charge is 2.66. The van der Waals surface area contributed by atoms with E-state index in [4.69, 9.17) is 9.47 Å². The number of halogens is 1. The van der Waals surface area contributed by atoms with E-state index in [-0.39, 0.29) is 25.6 Å². The van der Waals surface area contributed by atoms with Gasteiger partial charge < -0.3 is 19.7 Å². The molecule has 2 saturated heterocycles. The average Bonchev–Trinajstić information content (AvgIpc) is 3.24. The Kier molecular flexibility index (Phi) is 4.22. The predicted octanol–water partition coefficient (Wildman–Crippen LogP) is 1.11. The Bertz CT molecular complexity index is 841. The average molecular weight is 374 g/mol. The first-order chi connectivity index (χ1) is 12.9. The summed E-state index contributed by atoms with van der Waals surface area (Å²) in [6.45, 7) is 1.95. The number of carbonyl (C=O) groups excluding carboxylic acids is 3. The summed E-state index contributed by atoms with van der Waals surface area (Å²) >= 11 is 0. The largest absolute Gasteiger partial charge is 0.465 e. The summed E-state index contributed by atoms with van der Waals surface area (Å²) in [6.07, 6.45) is 3.06. The summed E-state index contributed by atoms with van der Waals surface area (Å²) in [5, 5.41) is 2.66. The van der Waals surface area contributed by atoms with Crippen LogP contribution in [0.4, 0.5) is 10.1 Å². The van der Waals surface area contributed by atoms with Crippen molar-refractivity contribution in [3.8, 4) is 0 Å². The third-order valence-corrected chi connectivity index (χ3v) is 5.20. The van der Waals surface area contributed by atoms with Gasteiger partial charge >= 0.3 is 5.97 Å². The Hall–Kier alpha value is -2.74. The number of nitrogens with zero attached hydrogens (tertiary/aromatic N) is 1. The number of anilines is 1. The van der Waals surface area contributed by atoms with E-state index in [2.05, 4.69) is 5.32 Å². The highest BCUT2D eigenvalue weighted by atomic mass is 19.1. The zero-order valence-electron chi connectivity index (χ0n) is 14.7. The molecule has 3 heterocycles. The molecule has 4 atom stereocenters. The molecule has 0 radical (unpaired) electrons. The monoisotopic (exact) mass is 374 g/mol. The van der Waals surface area contributed by atoms with Crippen molar-refractivity contribution >= 4 is 23.5 Å². The first-order valence-corrected chi connectivity index (χ1v) is 8.81. The van der Waals surface area contributed by atoms with E-state index in [9.17, 15) is 18.8 Å². The molecule has 1 N–H and O–H groups in total. The molecule has 2 fully saturated rings. The van der Waals surface area contributed by atoms with E-state index < -0.39 is 41.2 Å². The van der Waals surface area contributed by atoms with Gasteiger partial charge in [0, 0.05) is 5.69 Å². The molecule has 1 spiro atoms. The molecule has 4 rings (SSSR count). The van der Waals surface area contributed by atoms with E-state index in [1.165, 1.54) is 23.1 Å². The van der Waals surface area contributed by atoms with Gasteiger partial charge in [-0.3, -0.25) is 14.4 Å². The topological polar surface area (TPSA) is 84.9 Å². The third kappa shape index (κ3) is 2.90. The molecule has 0 unspecified atom stereocenters. The van der Waals surface area contributed by atoms with Crippen LogP contribution in [0.25, 0.3) is 0 Å². The minimum atomic E-state index is -0.905. The van der Waals surface area contributed by atoms with Crippen molar-refractivity contribution < 1.29 is 28.2 Å². The van der Waals surface area contributed by atoms with Gasteiger partial charge in [0.15, 0.2) is 0 Å². The minimum absolute atomic E-state index is 0.176. The van der Waals surface area contributed by atoms with Crippen LogP contribution in [0.5, 0.6) is 0 Å². The standard InChI is InChI=1S/C19H19FN2O5/c1-2-26-14(23)9-22-10-19-7-6-13(27-19)15(16(19)18(22)25)17(24)21-12-5-3-4-11(20)8-12/h3-8,13,15-16H,2,9-10H2,1H3,(H,21,24)/t13-,15+,16-,19-/m1/s1. The van der Waals surface area contributed by atoms with Crippen molar-refractivity contribution in [1.82, 2.24) is 4.90 Å². The maximum atomic E-state index is 13.4. The van der Waals surface area contributed by atoms with E-state index in [1.807, 2.05) is 0 Å². The van der Waals surface area contributed by atoms with Gasteiger partial charge in [-0.25, -0.2) is 4.39 Å². The molecule has 2 amide bonds. The number of benzene rings is 1. The number of rotatable bonds is 5. The van der Waals surface area contributed by atoms with Crippen molar-refractivity contribution in [2.75, 3.05) is 25.0 Å². The summed E-state index contributed by atoms with van der Waals surface area (Å²) in [4.78, 5) is 38.9. The van der Waals surface area contributed by atoms with E-state index >= 15 is 0 Å². The molecule has 2 bridgehead atoms. The summed E-state index contributed by atoms with van der Waals surface area (Å²) in [6, 6.07) is 5.55. The van der Waals surface area contributed by atoms with Crippen molar-refractivity contribution in [3.05, 3.63) is 42.2 Å². The van der Waals surface area contributed by atoms with E-state index in [1.54, 1.807) is 25.1 Å². The quantitative estimate of drug-likeness (QED) is 0.617. The molecule has 7 nitrogen and oxygen atoms in total. The van der Waals surface area contributed by atoms with E-state index in [0.717, 1.165) is 0 Å². The number of hydrogen-bond donors (Lipinski definition) is 1. The molecule has 27 heavy (non-hydrogen) atoms. The molecule has 0 saturated carbocycles. The summed E-state index contributed by atoms with van der Waals surface area (Å²) in [5.74, 6) is -3.14. The van der Waals surface area contributed by atoms with Crippen molar-refractivity contribution in [2.45, 2.75) is 18.6 Å². The lowest BCUT2D eigenvalue weighted by Crippen LogP contribution is -2.41. The first-order valence-electron chi connectivity index (χ1n) is 8.81. The maximum absolute atomic E-state index is 13.4. The number of fused-ring (bicyclic) bond motifs is 1. The van der Waals surface area contributed by atoms with Gasteiger partial charge in [-0.1, -0.05) is 18.2 Å². The zero-order chi connectivity index (χ0) is 19.2. The number of ether oxygens (including phenoxy) is 2. The van der Waals surface area contributed by atoms with Crippen LogP contribution in [0.3, 0.4) is 0 Å². The lowest BCUT2D eigenvalue weighted by atomic mass is 9.77. The number of carbonyl (C=O) groups is 3. The summed E-state index contributed by atoms with van der Waals surface area (Å²) in [7, 11) is 0. The number of nitrogens with one attached hydrogen (secondary N) is 1. The number of hydrogen-bond acceptors (Lipinski definition) is 5. The Balaban J connectivity index is 1.54. The molecule has 3 aliphatic heterocycles. The van der Waals surface area contributed by atoms with Crippen molar-refractivity contribution in [3.63, 3.8) is 0 Å². The number of likely N-dealkylation sites (tertiary alicyclic amines) is 1. The molecule has 1 aromatic carbocycles. The van der Waals surface area contributed by atoms with Crippen LogP contribution in [0.15, 0.2) is 36.4 Å². The Morgan fingerprint density at radius 3 is 3.00 bits per heavy atom. The van der Waals surface area contributed by atoms with Gasteiger partial charge in [-0.2, -0.15) is 0 Å². The fourth-order valence-corrected chi connectivity index (χ4v) is 4.17. The molecule has 0 aromatic heterocycles. The highest BCUT2D eigenvalue weighted by molar-refractivity contribution is 5.99. The zero-order valence-corrected chi connectivity index (χ0v) is 14.7. The molecule has 8 heteroatoms. The fourth-order valence-electron chi connectivity index (χ4n) is 4.17. The lowest BCUT2D eigenvalue weighted by Gasteiger charge is -2.23. The smallest absolute Gasteiger partial charge is 0.325 e. The lowest BCUT2D eigenvalue weighted by molar-refractivity contribution is -0.148. The normalized spacial score (nSPS) is 30.5. The van der Waals surface area contributed by atoms with Crippen molar-refractivity contribution in [1.29, 1.82) is 0 Å². The highest BCUT2D eigenvalue weighted by Crippen LogP contribution is 2.52. The molecular weight excluding hydrogens is 355 g/mol. The summed E-state index contributed by atoms with van der Waals surface area (Å²) in [5.41, 5.74) is -0.590. The van der Waals surface area contributed by atoms with Crippen molar-refractivity contribution in [2.24, 2.45) is 11.8 Å². The third-order valence-electron chi connectivity index (χ3n) is 5.20. The SMILES string of the molecule is CCOC(=O)CN1C[C@@]23C=C[C@@H](O2)[C@H](C(=O)Nc2cccc(F)c2)[C@@H]3C1=O. The minimum Gasteiger partial charge on any atom is -0.465 e. The van der Waals surface area contributed by atoms with E-state index in [0.29, 0.717) is 5.69 Å². The summed E-state index contributed by atoms with van der Waals surface area (Å²) < 4.78 is 24.2. The van der Waals surface area contributed by atoms with Crippen LogP contribution in [0.1, 0.15) is 6.92 Å². The molecule has 0 aliphatic carbocycles. The van der Waals surface area contributed by atoms with Gasteiger partial charge in [0.1, 0.15) is 18.0 Å². The first kappa shape index (κ1) is 17.7. The second kappa shape index (κ2) is 6.45. The second-order valence-electron chi connectivity index (χ2n) is 6.90. The Morgan fingerprint density at radius 1 is 1.44 bits per heavy atom. The fraction of sp³-hybridized carbons (Fsp3) is 0.421. The van der Waals surface area contributed by atoms with Gasteiger partial charge in [0.05, 0.1) is 31.1 Å². The van der Waals surface area contributed by atoms with Gasteiger partial charge in [0.25, 0.3) is 0 Å². The number of amides is 2. The van der Waals surface area contributed by atoms with Crippen LogP contribution in [-0.4, -0.2) is 54.1 Å². The molecular formula is C19H19FN2O5. The van der Waals surface area contributed by atoms with Crippen LogP contribution < -0.4 is 5.32 Å². The van der Waals surface area contributed by atoms with Crippen LogP contribution in [-0.2, 0) is 23.9 Å². The molecule has 142 valence electrons. The van der Waals surface area contributed by atoms with Crippen LogP contribution in [0, 0.1) is 17.7 Å². The van der Waals surface area contributed by atoms with Gasteiger partial charge in [-0.15, -0.1) is 0 Å². The maximum Gasteiger partial charge on any atom is 0.325 e. The Labute approximate surface area is 155 Å². The molecule has 3 aliphatic rings. The second-order valence-corrected chi connectivity index (χ2v) is 6.90. The van der Waals surface area contributed by atoms with Crippen LogP contribution in [0.2, 0.25) is 0 Å². The molecule has 1 aromatic rings. The van der Waals surface area contributed by atoms with Crippen LogP contribution >= 0.6 is 0 Å². The Morgan fingerprint density at radius 2 is 2.26 bits per heavy atom.